The van der Waals surface area contributed by atoms with Crippen LogP contribution in [0.15, 0.2) is 65.6 Å². The van der Waals surface area contributed by atoms with Crippen LogP contribution in [0.25, 0.3) is 0 Å². The molecule has 1 aromatic heterocycles. The molecule has 0 atom stereocenters. The van der Waals surface area contributed by atoms with Crippen LogP contribution in [0, 0.1) is 5.41 Å². The molecule has 4 N–H and O–H groups in total. The van der Waals surface area contributed by atoms with Crippen molar-refractivity contribution >= 4 is 11.7 Å². The molecule has 4 heteroatoms. The van der Waals surface area contributed by atoms with Crippen LogP contribution in [0.2, 0.25) is 0 Å². The Labute approximate surface area is 124 Å². The number of nitrogen functional groups attached to an aromatic ring is 1. The summed E-state index contributed by atoms with van der Waals surface area (Å²) in [7, 11) is 0. The van der Waals surface area contributed by atoms with Crippen LogP contribution in [0.1, 0.15) is 24.8 Å². The highest BCUT2D eigenvalue weighted by Gasteiger charge is 2.13. The summed E-state index contributed by atoms with van der Waals surface area (Å²) < 4.78 is 0. The van der Waals surface area contributed by atoms with E-state index >= 15 is 0 Å². The monoisotopic (exact) mass is 278 g/mol. The number of amidine groups is 1. The van der Waals surface area contributed by atoms with E-state index in [2.05, 4.69) is 40.7 Å². The summed E-state index contributed by atoms with van der Waals surface area (Å²) in [6, 6.07) is 3.66. The highest BCUT2D eigenvalue weighted by molar-refractivity contribution is 5.94. The molecule has 0 aliphatic heterocycles. The first-order chi connectivity index (χ1) is 10.2. The highest BCUT2D eigenvalue weighted by atomic mass is 15.0. The van der Waals surface area contributed by atoms with Gasteiger partial charge in [0, 0.05) is 23.9 Å². The van der Waals surface area contributed by atoms with E-state index in [1.807, 2.05) is 12.1 Å². The lowest BCUT2D eigenvalue weighted by Gasteiger charge is -2.17. The number of hydrogen-bond donors (Lipinski definition) is 3. The third kappa shape index (κ3) is 2.94. The van der Waals surface area contributed by atoms with E-state index < -0.39 is 0 Å². The van der Waals surface area contributed by atoms with Crippen molar-refractivity contribution in [1.82, 2.24) is 4.98 Å². The summed E-state index contributed by atoms with van der Waals surface area (Å²) >= 11 is 0. The molecule has 0 saturated heterocycles. The van der Waals surface area contributed by atoms with Crippen molar-refractivity contribution in [2.45, 2.75) is 19.3 Å². The minimum Gasteiger partial charge on any atom is -0.384 e. The molecular weight excluding hydrogens is 260 g/mol. The minimum atomic E-state index is 0.0360. The number of hydrogen-bond acceptors (Lipinski definition) is 3. The predicted octanol–water partition coefficient (Wildman–Crippen LogP) is 3.27. The molecular formula is C17H18N4. The third-order valence-corrected chi connectivity index (χ3v) is 3.64. The fraction of sp³-hybridized carbons (Fsp3) is 0.176. The van der Waals surface area contributed by atoms with Gasteiger partial charge in [-0.2, -0.15) is 0 Å². The van der Waals surface area contributed by atoms with E-state index in [1.165, 1.54) is 11.1 Å². The number of fused-ring (bicyclic) bond motifs is 1. The molecule has 0 aromatic carbocycles. The quantitative estimate of drug-likeness (QED) is 0.587. The SMILES string of the molecule is N=C(N)c1ccc(NC2=C3C=CCCC3=CC=CC2)nc1. The van der Waals surface area contributed by atoms with Crippen LogP contribution in [-0.2, 0) is 0 Å². The van der Waals surface area contributed by atoms with E-state index in [0.717, 1.165) is 30.8 Å². The Morgan fingerprint density at radius 3 is 2.95 bits per heavy atom. The topological polar surface area (TPSA) is 74.8 Å². The second-order valence-electron chi connectivity index (χ2n) is 5.13. The van der Waals surface area contributed by atoms with Gasteiger partial charge in [0.05, 0.1) is 0 Å². The molecule has 4 nitrogen and oxygen atoms in total. The Balaban J connectivity index is 1.89. The number of aromatic nitrogens is 1. The Morgan fingerprint density at radius 1 is 1.29 bits per heavy atom. The summed E-state index contributed by atoms with van der Waals surface area (Å²) in [6.45, 7) is 0. The maximum Gasteiger partial charge on any atom is 0.130 e. The van der Waals surface area contributed by atoms with E-state index in [4.69, 9.17) is 11.1 Å². The van der Waals surface area contributed by atoms with Gasteiger partial charge in [0.2, 0.25) is 0 Å². The minimum absolute atomic E-state index is 0.0360. The maximum atomic E-state index is 7.39. The van der Waals surface area contributed by atoms with Gasteiger partial charge in [0.15, 0.2) is 0 Å². The van der Waals surface area contributed by atoms with Crippen LogP contribution in [0.3, 0.4) is 0 Å². The molecule has 0 radical (unpaired) electrons. The molecule has 0 saturated carbocycles. The summed E-state index contributed by atoms with van der Waals surface area (Å²) in [5.74, 6) is 0.810. The molecule has 0 unspecified atom stereocenters. The molecule has 0 spiro atoms. The van der Waals surface area contributed by atoms with Gasteiger partial charge in [0.25, 0.3) is 0 Å². The number of nitrogens with one attached hydrogen (secondary N) is 2. The van der Waals surface area contributed by atoms with E-state index in [-0.39, 0.29) is 5.84 Å². The predicted molar refractivity (Wildman–Crippen MR) is 86.1 cm³/mol. The van der Waals surface area contributed by atoms with Gasteiger partial charge in [-0.05, 0) is 36.1 Å². The first-order valence-electron chi connectivity index (χ1n) is 7.07. The van der Waals surface area contributed by atoms with Crippen molar-refractivity contribution in [3.8, 4) is 0 Å². The zero-order chi connectivity index (χ0) is 14.7. The number of nitrogens with zero attached hydrogens (tertiary/aromatic N) is 1. The van der Waals surface area contributed by atoms with Gasteiger partial charge >= 0.3 is 0 Å². The van der Waals surface area contributed by atoms with Crippen molar-refractivity contribution in [1.29, 1.82) is 5.41 Å². The molecule has 1 heterocycles. The molecule has 0 bridgehead atoms. The van der Waals surface area contributed by atoms with Crippen molar-refractivity contribution in [3.63, 3.8) is 0 Å². The lowest BCUT2D eigenvalue weighted by atomic mass is 9.93. The van der Waals surface area contributed by atoms with Crippen molar-refractivity contribution in [2.75, 3.05) is 5.32 Å². The first-order valence-corrected chi connectivity index (χ1v) is 7.07. The van der Waals surface area contributed by atoms with Crippen molar-refractivity contribution in [3.05, 3.63) is 71.1 Å². The van der Waals surface area contributed by atoms with E-state index in [1.54, 1.807) is 6.20 Å². The normalized spacial score (nSPS) is 17.0. The second-order valence-corrected chi connectivity index (χ2v) is 5.13. The van der Waals surface area contributed by atoms with E-state index in [9.17, 15) is 0 Å². The second kappa shape index (κ2) is 5.79. The molecule has 0 amide bonds. The van der Waals surface area contributed by atoms with Gasteiger partial charge in [-0.3, -0.25) is 5.41 Å². The molecule has 21 heavy (non-hydrogen) atoms. The molecule has 2 aliphatic rings. The van der Waals surface area contributed by atoms with Crippen molar-refractivity contribution < 1.29 is 0 Å². The van der Waals surface area contributed by atoms with Crippen LogP contribution >= 0.6 is 0 Å². The van der Waals surface area contributed by atoms with Crippen LogP contribution in [0.5, 0.6) is 0 Å². The van der Waals surface area contributed by atoms with Gasteiger partial charge in [-0.1, -0.05) is 30.4 Å². The van der Waals surface area contributed by atoms with Gasteiger partial charge in [0.1, 0.15) is 11.7 Å². The van der Waals surface area contributed by atoms with Gasteiger partial charge in [-0.15, -0.1) is 0 Å². The molecule has 3 rings (SSSR count). The summed E-state index contributed by atoms with van der Waals surface area (Å²) in [5, 5.41) is 10.8. The zero-order valence-electron chi connectivity index (χ0n) is 11.8. The zero-order valence-corrected chi connectivity index (χ0v) is 11.8. The average Bonchev–Trinajstić information content (AvgIpc) is 2.71. The summed E-state index contributed by atoms with van der Waals surface area (Å²) in [6.07, 6.45) is 15.5. The largest absolute Gasteiger partial charge is 0.384 e. The fourth-order valence-electron chi connectivity index (χ4n) is 2.53. The number of pyridine rings is 1. The number of rotatable bonds is 3. The van der Waals surface area contributed by atoms with Crippen LogP contribution < -0.4 is 11.1 Å². The lowest BCUT2D eigenvalue weighted by molar-refractivity contribution is 0.957. The molecule has 1 aromatic rings. The van der Waals surface area contributed by atoms with Crippen molar-refractivity contribution in [2.24, 2.45) is 5.73 Å². The maximum absolute atomic E-state index is 7.39. The Hall–Kier alpha value is -2.62. The number of allylic oxidation sites excluding steroid dienone is 7. The molecule has 2 aliphatic carbocycles. The number of nitrogens with two attached hydrogens (primary N) is 1. The smallest absolute Gasteiger partial charge is 0.130 e. The standard InChI is InChI=1S/C17H18N4/c18-17(19)13-9-10-16(20-11-13)21-15-8-4-2-6-12-5-1-3-7-14(12)15/h2-4,6-7,9-11H,1,5,8H2,(H3,18,19)(H,20,21). The summed E-state index contributed by atoms with van der Waals surface area (Å²) in [4.78, 5) is 4.33. The van der Waals surface area contributed by atoms with E-state index in [0.29, 0.717) is 5.56 Å². The number of anilines is 1. The molecule has 0 fully saturated rings. The summed E-state index contributed by atoms with van der Waals surface area (Å²) in [5.41, 5.74) is 9.88. The van der Waals surface area contributed by atoms with Gasteiger partial charge in [-0.25, -0.2) is 4.98 Å². The lowest BCUT2D eigenvalue weighted by Crippen LogP contribution is -2.12. The van der Waals surface area contributed by atoms with Gasteiger partial charge < -0.3 is 11.1 Å². The fourth-order valence-corrected chi connectivity index (χ4v) is 2.53. The van der Waals surface area contributed by atoms with Crippen LogP contribution in [0.4, 0.5) is 5.82 Å². The van der Waals surface area contributed by atoms with Crippen LogP contribution in [-0.4, -0.2) is 10.8 Å². The Morgan fingerprint density at radius 2 is 2.19 bits per heavy atom. The highest BCUT2D eigenvalue weighted by Crippen LogP contribution is 2.30. The average molecular weight is 278 g/mol. The Kier molecular flexibility index (Phi) is 3.69. The first kappa shape index (κ1) is 13.4. The molecule has 106 valence electrons. The Bertz CT molecular complexity index is 675. The third-order valence-electron chi connectivity index (χ3n) is 3.64.